The summed E-state index contributed by atoms with van der Waals surface area (Å²) in [4.78, 5) is 2.41. The molecule has 0 amide bonds. The van der Waals surface area contributed by atoms with Gasteiger partial charge in [-0.3, -0.25) is 0 Å². The Labute approximate surface area is 75.0 Å². The zero-order valence-electron chi connectivity index (χ0n) is 7.29. The van der Waals surface area contributed by atoms with Gasteiger partial charge in [0.15, 0.2) is 0 Å². The molecule has 2 nitrogen and oxygen atoms in total. The van der Waals surface area contributed by atoms with Gasteiger partial charge in [-0.25, -0.2) is 0 Å². The summed E-state index contributed by atoms with van der Waals surface area (Å²) in [6.45, 7) is 6.59. The minimum atomic E-state index is -0.00870. The Morgan fingerprint density at radius 3 is 2.00 bits per heavy atom. The zero-order valence-corrected chi connectivity index (χ0v) is 8.10. The molecule has 1 fully saturated rings. The summed E-state index contributed by atoms with van der Waals surface area (Å²) in [5.74, 6) is 0. The van der Waals surface area contributed by atoms with E-state index in [2.05, 4.69) is 18.7 Å². The van der Waals surface area contributed by atoms with Gasteiger partial charge in [0.05, 0.1) is 6.10 Å². The molecule has 3 heteroatoms. The van der Waals surface area contributed by atoms with Crippen LogP contribution in [0.4, 0.5) is 0 Å². The first-order valence-electron chi connectivity index (χ1n) is 4.20. The molecule has 1 aliphatic rings. The van der Waals surface area contributed by atoms with E-state index < -0.39 is 0 Å². The molecule has 11 heavy (non-hydrogen) atoms. The molecule has 0 aromatic rings. The summed E-state index contributed by atoms with van der Waals surface area (Å²) in [5, 5.41) is 9.03. The standard InChI is InChI=1S/C8H17NO.ClH/c1-3-9(4-2)7-5-8(10)6-7;/h7-8,10H,3-6H2,1-2H3;1H/t7-,8-;. The molecule has 0 bridgehead atoms. The van der Waals surface area contributed by atoms with Crippen LogP contribution < -0.4 is 0 Å². The first-order valence-corrected chi connectivity index (χ1v) is 4.20. The van der Waals surface area contributed by atoms with Gasteiger partial charge in [0.2, 0.25) is 0 Å². The normalized spacial score (nSPS) is 29.5. The number of halogens is 1. The molecule has 0 aromatic carbocycles. The SMILES string of the molecule is CCN(CC)[C@H]1C[C@H](O)C1.Cl. The highest BCUT2D eigenvalue weighted by Crippen LogP contribution is 2.24. The quantitative estimate of drug-likeness (QED) is 0.706. The fourth-order valence-electron chi connectivity index (χ4n) is 1.60. The van der Waals surface area contributed by atoms with E-state index >= 15 is 0 Å². The van der Waals surface area contributed by atoms with Crippen molar-refractivity contribution in [1.82, 2.24) is 4.90 Å². The Morgan fingerprint density at radius 2 is 1.73 bits per heavy atom. The summed E-state index contributed by atoms with van der Waals surface area (Å²) >= 11 is 0. The van der Waals surface area contributed by atoms with Crippen LogP contribution in [0.3, 0.4) is 0 Å². The maximum absolute atomic E-state index is 9.03. The van der Waals surface area contributed by atoms with Crippen molar-refractivity contribution in [3.63, 3.8) is 0 Å². The summed E-state index contributed by atoms with van der Waals surface area (Å²) in [6.07, 6.45) is 1.97. The zero-order chi connectivity index (χ0) is 7.56. The molecule has 68 valence electrons. The van der Waals surface area contributed by atoms with Crippen molar-refractivity contribution in [3.05, 3.63) is 0 Å². The molecule has 0 aromatic heterocycles. The second kappa shape index (κ2) is 4.96. The van der Waals surface area contributed by atoms with Crippen LogP contribution in [0.25, 0.3) is 0 Å². The number of aliphatic hydroxyl groups excluding tert-OH is 1. The summed E-state index contributed by atoms with van der Waals surface area (Å²) in [7, 11) is 0. The molecule has 0 heterocycles. The third kappa shape index (κ3) is 2.62. The van der Waals surface area contributed by atoms with Crippen molar-refractivity contribution in [2.75, 3.05) is 13.1 Å². The molecule has 1 N–H and O–H groups in total. The van der Waals surface area contributed by atoms with Crippen LogP contribution in [0.15, 0.2) is 0 Å². The van der Waals surface area contributed by atoms with Crippen LogP contribution in [0.1, 0.15) is 26.7 Å². The third-order valence-corrected chi connectivity index (χ3v) is 2.42. The fraction of sp³-hybridized carbons (Fsp3) is 1.00. The van der Waals surface area contributed by atoms with Gasteiger partial charge in [0.25, 0.3) is 0 Å². The van der Waals surface area contributed by atoms with Gasteiger partial charge in [0, 0.05) is 6.04 Å². The molecule has 0 saturated heterocycles. The molecule has 0 atom stereocenters. The van der Waals surface area contributed by atoms with Crippen molar-refractivity contribution < 1.29 is 5.11 Å². The van der Waals surface area contributed by atoms with Gasteiger partial charge in [-0.1, -0.05) is 13.8 Å². The molecule has 0 spiro atoms. The highest BCUT2D eigenvalue weighted by molar-refractivity contribution is 5.85. The maximum Gasteiger partial charge on any atom is 0.0570 e. The van der Waals surface area contributed by atoms with E-state index in [1.54, 1.807) is 0 Å². The predicted octanol–water partition coefficient (Wildman–Crippen LogP) is 1.27. The predicted molar refractivity (Wildman–Crippen MR) is 49.2 cm³/mol. The molecular weight excluding hydrogens is 162 g/mol. The lowest BCUT2D eigenvalue weighted by molar-refractivity contribution is 0.00587. The maximum atomic E-state index is 9.03. The summed E-state index contributed by atoms with van der Waals surface area (Å²) in [5.41, 5.74) is 0. The molecule has 0 radical (unpaired) electrons. The summed E-state index contributed by atoms with van der Waals surface area (Å²) < 4.78 is 0. The van der Waals surface area contributed by atoms with Crippen LogP contribution in [-0.4, -0.2) is 35.2 Å². The molecule has 1 saturated carbocycles. The Bertz CT molecular complexity index is 100. The van der Waals surface area contributed by atoms with E-state index in [-0.39, 0.29) is 18.5 Å². The lowest BCUT2D eigenvalue weighted by atomic mass is 9.88. The number of rotatable bonds is 3. The Hall–Kier alpha value is 0.210. The van der Waals surface area contributed by atoms with Crippen molar-refractivity contribution in [2.45, 2.75) is 38.8 Å². The fourth-order valence-corrected chi connectivity index (χ4v) is 1.60. The van der Waals surface area contributed by atoms with Gasteiger partial charge in [0.1, 0.15) is 0 Å². The smallest absolute Gasteiger partial charge is 0.0570 e. The first-order chi connectivity index (χ1) is 4.77. The minimum Gasteiger partial charge on any atom is -0.393 e. The topological polar surface area (TPSA) is 23.5 Å². The van der Waals surface area contributed by atoms with E-state index in [0.717, 1.165) is 25.9 Å². The van der Waals surface area contributed by atoms with E-state index in [4.69, 9.17) is 5.11 Å². The minimum absolute atomic E-state index is 0. The second-order valence-electron chi connectivity index (χ2n) is 3.00. The lowest BCUT2D eigenvalue weighted by Gasteiger charge is -2.39. The van der Waals surface area contributed by atoms with Gasteiger partial charge in [-0.05, 0) is 25.9 Å². The number of hydrogen-bond donors (Lipinski definition) is 1. The van der Waals surface area contributed by atoms with Crippen molar-refractivity contribution in [2.24, 2.45) is 0 Å². The number of nitrogens with zero attached hydrogens (tertiary/aromatic N) is 1. The molecule has 1 aliphatic carbocycles. The van der Waals surface area contributed by atoms with Crippen molar-refractivity contribution >= 4 is 12.4 Å². The van der Waals surface area contributed by atoms with Crippen LogP contribution in [0.5, 0.6) is 0 Å². The largest absolute Gasteiger partial charge is 0.393 e. The van der Waals surface area contributed by atoms with Gasteiger partial charge in [-0.2, -0.15) is 0 Å². The van der Waals surface area contributed by atoms with Gasteiger partial charge < -0.3 is 10.0 Å². The molecule has 0 unspecified atom stereocenters. The van der Waals surface area contributed by atoms with Gasteiger partial charge in [-0.15, -0.1) is 12.4 Å². The molecule has 0 aliphatic heterocycles. The van der Waals surface area contributed by atoms with Crippen LogP contribution in [0, 0.1) is 0 Å². The highest BCUT2D eigenvalue weighted by atomic mass is 35.5. The second-order valence-corrected chi connectivity index (χ2v) is 3.00. The number of hydrogen-bond acceptors (Lipinski definition) is 2. The average molecular weight is 180 g/mol. The monoisotopic (exact) mass is 179 g/mol. The Morgan fingerprint density at radius 1 is 1.27 bits per heavy atom. The van der Waals surface area contributed by atoms with Crippen molar-refractivity contribution in [1.29, 1.82) is 0 Å². The van der Waals surface area contributed by atoms with E-state index in [1.807, 2.05) is 0 Å². The van der Waals surface area contributed by atoms with Crippen LogP contribution >= 0.6 is 12.4 Å². The average Bonchev–Trinajstić information content (AvgIpc) is 1.87. The Balaban J connectivity index is 0.000001000. The van der Waals surface area contributed by atoms with Crippen molar-refractivity contribution in [3.8, 4) is 0 Å². The summed E-state index contributed by atoms with van der Waals surface area (Å²) in [6, 6.07) is 0.671. The van der Waals surface area contributed by atoms with Gasteiger partial charge >= 0.3 is 0 Å². The van der Waals surface area contributed by atoms with Crippen LogP contribution in [-0.2, 0) is 0 Å². The van der Waals surface area contributed by atoms with Crippen LogP contribution in [0.2, 0.25) is 0 Å². The third-order valence-electron chi connectivity index (χ3n) is 2.42. The van der Waals surface area contributed by atoms with E-state index in [9.17, 15) is 0 Å². The molecule has 1 rings (SSSR count). The highest BCUT2D eigenvalue weighted by Gasteiger charge is 2.30. The number of aliphatic hydroxyl groups is 1. The first kappa shape index (κ1) is 11.2. The van der Waals surface area contributed by atoms with E-state index in [0.29, 0.717) is 6.04 Å². The lowest BCUT2D eigenvalue weighted by Crippen LogP contribution is -2.46. The molecular formula is C8H18ClNO. The Kier molecular flexibility index (Phi) is 5.06. The van der Waals surface area contributed by atoms with E-state index in [1.165, 1.54) is 0 Å².